The Morgan fingerprint density at radius 3 is 2.28 bits per heavy atom. The summed E-state index contributed by atoms with van der Waals surface area (Å²) in [5.74, 6) is -1.32. The molecule has 4 amide bonds. The number of imide groups is 1. The molecule has 2 rings (SSSR count). The van der Waals surface area contributed by atoms with Crippen molar-refractivity contribution in [3.63, 3.8) is 0 Å². The van der Waals surface area contributed by atoms with Crippen LogP contribution in [0.4, 0.5) is 4.79 Å². The average Bonchev–Trinajstić information content (AvgIpc) is 2.55. The van der Waals surface area contributed by atoms with Crippen LogP contribution in [-0.2, 0) is 9.59 Å². The second-order valence-electron chi connectivity index (χ2n) is 7.18. The smallest absolute Gasteiger partial charge is 0.325 e. The maximum absolute atomic E-state index is 12.6. The van der Waals surface area contributed by atoms with Gasteiger partial charge in [0.2, 0.25) is 0 Å². The fourth-order valence-electron chi connectivity index (χ4n) is 2.84. The number of carbonyl (C=O) groups is 3. The molecule has 1 unspecified atom stereocenters. The number of aromatic hydroxyl groups is 1. The molecule has 0 saturated carbocycles. The molecule has 25 heavy (non-hydrogen) atoms. The Labute approximate surface area is 147 Å². The second kappa shape index (κ2) is 7.13. The van der Waals surface area contributed by atoms with Crippen LogP contribution in [0.25, 0.3) is 0 Å². The van der Waals surface area contributed by atoms with Gasteiger partial charge in [-0.05, 0) is 30.0 Å². The summed E-state index contributed by atoms with van der Waals surface area (Å²) in [6.45, 7) is 8.65. The van der Waals surface area contributed by atoms with Crippen molar-refractivity contribution in [1.29, 1.82) is 0 Å². The van der Waals surface area contributed by atoms with E-state index in [9.17, 15) is 19.5 Å². The lowest BCUT2D eigenvalue weighted by Gasteiger charge is -2.36. The Bertz CT molecular complexity index is 664. The number of hydrogen-bond acceptors (Lipinski definition) is 4. The van der Waals surface area contributed by atoms with Crippen molar-refractivity contribution in [3.8, 4) is 5.75 Å². The van der Waals surface area contributed by atoms with E-state index in [-0.39, 0.29) is 23.8 Å². The van der Waals surface area contributed by atoms with Gasteiger partial charge in [-0.1, -0.05) is 32.9 Å². The summed E-state index contributed by atoms with van der Waals surface area (Å²) >= 11 is 0. The number of likely N-dealkylation sites (N-methyl/N-ethyl adjacent to an activating group) is 1. The number of nitrogens with one attached hydrogen (secondary N) is 1. The average molecular weight is 347 g/mol. The lowest BCUT2D eigenvalue weighted by atomic mass is 9.82. The first-order valence-corrected chi connectivity index (χ1v) is 8.35. The number of nitrogens with zero attached hydrogens (tertiary/aromatic N) is 2. The van der Waals surface area contributed by atoms with Gasteiger partial charge in [-0.2, -0.15) is 0 Å². The first-order valence-electron chi connectivity index (χ1n) is 8.35. The minimum Gasteiger partial charge on any atom is -0.508 e. The first-order chi connectivity index (χ1) is 11.6. The number of carbonyl (C=O) groups excluding carboxylic acids is 3. The summed E-state index contributed by atoms with van der Waals surface area (Å²) in [6.07, 6.45) is 0. The van der Waals surface area contributed by atoms with E-state index in [1.807, 2.05) is 20.8 Å². The Hall–Kier alpha value is -2.57. The highest BCUT2D eigenvalue weighted by atomic mass is 16.3. The normalized spacial score (nSPS) is 16.8. The molecule has 136 valence electrons. The molecule has 1 saturated heterocycles. The van der Waals surface area contributed by atoms with Crippen molar-refractivity contribution in [2.24, 2.45) is 5.41 Å². The number of phenols is 1. The number of urea groups is 1. The SMILES string of the molecule is CCN1CCN(C(=O)NC(c2ccc(O)cc2)C(C)(C)C)C(=O)C1=O. The van der Waals surface area contributed by atoms with Gasteiger partial charge in [0.25, 0.3) is 0 Å². The van der Waals surface area contributed by atoms with Gasteiger partial charge >= 0.3 is 17.8 Å². The monoisotopic (exact) mass is 347 g/mol. The second-order valence-corrected chi connectivity index (χ2v) is 7.18. The molecule has 1 aromatic rings. The summed E-state index contributed by atoms with van der Waals surface area (Å²) in [5.41, 5.74) is 0.481. The minimum atomic E-state index is -0.802. The van der Waals surface area contributed by atoms with Crippen molar-refractivity contribution in [3.05, 3.63) is 29.8 Å². The van der Waals surface area contributed by atoms with Crippen LogP contribution >= 0.6 is 0 Å². The van der Waals surface area contributed by atoms with Gasteiger partial charge in [0, 0.05) is 19.6 Å². The molecule has 7 nitrogen and oxygen atoms in total. The van der Waals surface area contributed by atoms with Crippen molar-refractivity contribution in [2.45, 2.75) is 33.7 Å². The number of rotatable bonds is 3. The fraction of sp³-hybridized carbons (Fsp3) is 0.500. The van der Waals surface area contributed by atoms with Gasteiger partial charge in [-0.3, -0.25) is 14.5 Å². The van der Waals surface area contributed by atoms with Crippen LogP contribution in [0, 0.1) is 5.41 Å². The predicted octanol–water partition coefficient (Wildman–Crippen LogP) is 1.88. The predicted molar refractivity (Wildman–Crippen MR) is 92.8 cm³/mol. The number of amides is 4. The van der Waals surface area contributed by atoms with Crippen molar-refractivity contribution < 1.29 is 19.5 Å². The largest absolute Gasteiger partial charge is 0.508 e. The zero-order valence-corrected chi connectivity index (χ0v) is 15.1. The van der Waals surface area contributed by atoms with E-state index in [4.69, 9.17) is 0 Å². The van der Waals surface area contributed by atoms with E-state index in [1.165, 1.54) is 4.90 Å². The maximum Gasteiger partial charge on any atom is 0.325 e. The highest BCUT2D eigenvalue weighted by molar-refractivity contribution is 6.38. The number of benzene rings is 1. The summed E-state index contributed by atoms with van der Waals surface area (Å²) in [7, 11) is 0. The van der Waals surface area contributed by atoms with Gasteiger partial charge in [-0.25, -0.2) is 4.79 Å². The Morgan fingerprint density at radius 1 is 1.16 bits per heavy atom. The molecule has 1 aliphatic rings. The van der Waals surface area contributed by atoms with Crippen LogP contribution in [0.15, 0.2) is 24.3 Å². The molecule has 1 fully saturated rings. The van der Waals surface area contributed by atoms with E-state index in [0.717, 1.165) is 10.5 Å². The molecule has 0 aromatic heterocycles. The first kappa shape index (κ1) is 18.8. The maximum atomic E-state index is 12.6. The van der Waals surface area contributed by atoms with Gasteiger partial charge in [0.15, 0.2) is 0 Å². The third-order valence-electron chi connectivity index (χ3n) is 4.30. The number of phenolic OH excluding ortho intramolecular Hbond substituents is 1. The third kappa shape index (κ3) is 4.10. The number of hydrogen-bond donors (Lipinski definition) is 2. The summed E-state index contributed by atoms with van der Waals surface area (Å²) in [4.78, 5) is 39.2. The lowest BCUT2D eigenvalue weighted by Crippen LogP contribution is -2.58. The highest BCUT2D eigenvalue weighted by Gasteiger charge is 2.37. The van der Waals surface area contributed by atoms with Gasteiger partial charge < -0.3 is 15.3 Å². The lowest BCUT2D eigenvalue weighted by molar-refractivity contribution is -0.153. The van der Waals surface area contributed by atoms with Crippen molar-refractivity contribution >= 4 is 17.8 Å². The van der Waals surface area contributed by atoms with Crippen LogP contribution in [0.5, 0.6) is 5.75 Å². The van der Waals surface area contributed by atoms with Crippen molar-refractivity contribution in [1.82, 2.24) is 15.1 Å². The molecule has 1 aromatic carbocycles. The highest BCUT2D eigenvalue weighted by Crippen LogP contribution is 2.33. The molecule has 0 radical (unpaired) electrons. The summed E-state index contributed by atoms with van der Waals surface area (Å²) in [5, 5.41) is 12.3. The summed E-state index contributed by atoms with van der Waals surface area (Å²) in [6, 6.07) is 5.60. The molecular formula is C18H25N3O4. The third-order valence-corrected chi connectivity index (χ3v) is 4.30. The molecule has 1 heterocycles. The zero-order chi connectivity index (χ0) is 18.8. The molecule has 1 atom stereocenters. The topological polar surface area (TPSA) is 89.9 Å². The quantitative estimate of drug-likeness (QED) is 0.817. The van der Waals surface area contributed by atoms with Crippen LogP contribution in [0.2, 0.25) is 0 Å². The molecule has 7 heteroatoms. The standard InChI is InChI=1S/C18H25N3O4/c1-5-20-10-11-21(16(24)15(20)23)17(25)19-14(18(2,3)4)12-6-8-13(22)9-7-12/h6-9,14,22H,5,10-11H2,1-4H3,(H,19,25). The van der Waals surface area contributed by atoms with Gasteiger partial charge in [-0.15, -0.1) is 0 Å². The van der Waals surface area contributed by atoms with Gasteiger partial charge in [0.05, 0.1) is 6.04 Å². The van der Waals surface area contributed by atoms with Crippen LogP contribution in [-0.4, -0.2) is 52.4 Å². The van der Waals surface area contributed by atoms with E-state index >= 15 is 0 Å². The molecule has 2 N–H and O–H groups in total. The molecule has 0 spiro atoms. The van der Waals surface area contributed by atoms with Crippen LogP contribution in [0.3, 0.4) is 0 Å². The molecular weight excluding hydrogens is 322 g/mol. The number of piperazine rings is 1. The van der Waals surface area contributed by atoms with Gasteiger partial charge in [0.1, 0.15) is 5.75 Å². The van der Waals surface area contributed by atoms with E-state index in [2.05, 4.69) is 5.32 Å². The van der Waals surface area contributed by atoms with E-state index < -0.39 is 17.8 Å². The molecule has 0 bridgehead atoms. The van der Waals surface area contributed by atoms with E-state index in [0.29, 0.717) is 13.1 Å². The summed E-state index contributed by atoms with van der Waals surface area (Å²) < 4.78 is 0. The van der Waals surface area contributed by atoms with Crippen molar-refractivity contribution in [2.75, 3.05) is 19.6 Å². The zero-order valence-electron chi connectivity index (χ0n) is 15.1. The Kier molecular flexibility index (Phi) is 5.35. The van der Waals surface area contributed by atoms with E-state index in [1.54, 1.807) is 31.2 Å². The van der Waals surface area contributed by atoms with Crippen LogP contribution < -0.4 is 5.32 Å². The minimum absolute atomic E-state index is 0.138. The van der Waals surface area contributed by atoms with Crippen LogP contribution in [0.1, 0.15) is 39.3 Å². The Morgan fingerprint density at radius 2 is 1.76 bits per heavy atom. The molecule has 0 aliphatic carbocycles. The molecule has 1 aliphatic heterocycles. The Balaban J connectivity index is 2.19. The fourth-order valence-corrected chi connectivity index (χ4v) is 2.84.